The van der Waals surface area contributed by atoms with Crippen molar-refractivity contribution in [2.75, 3.05) is 6.54 Å². The van der Waals surface area contributed by atoms with E-state index in [-0.39, 0.29) is 5.91 Å². The van der Waals surface area contributed by atoms with Gasteiger partial charge in [-0.15, -0.1) is 0 Å². The summed E-state index contributed by atoms with van der Waals surface area (Å²) in [5, 5.41) is 4.32. The fraction of sp³-hybridized carbons (Fsp3) is 0.471. The van der Waals surface area contributed by atoms with Crippen molar-refractivity contribution in [1.82, 2.24) is 9.88 Å². The molecule has 1 aromatic carbocycles. The van der Waals surface area contributed by atoms with Crippen LogP contribution in [0.4, 0.5) is 0 Å². The van der Waals surface area contributed by atoms with Crippen LogP contribution in [-0.4, -0.2) is 17.0 Å². The molecule has 1 heterocycles. The molecule has 0 aliphatic rings. The van der Waals surface area contributed by atoms with Gasteiger partial charge in [0.25, 0.3) is 0 Å². The topological polar surface area (TPSA) is 34.0 Å². The van der Waals surface area contributed by atoms with Crippen molar-refractivity contribution in [3.63, 3.8) is 0 Å². The number of fused-ring (bicyclic) bond motifs is 1. The smallest absolute Gasteiger partial charge is 0.220 e. The average Bonchev–Trinajstić information content (AvgIpc) is 2.70. The van der Waals surface area contributed by atoms with Crippen LogP contribution in [0, 0.1) is 6.92 Å². The first-order valence-electron chi connectivity index (χ1n) is 7.44. The van der Waals surface area contributed by atoms with Gasteiger partial charge in [0.1, 0.15) is 0 Å². The molecule has 0 spiro atoms. The predicted octanol–water partition coefficient (Wildman–Crippen LogP) is 3.34. The Bertz CT molecular complexity index is 598. The number of carbonyl (C=O) groups is 1. The summed E-state index contributed by atoms with van der Waals surface area (Å²) in [5.74, 6) is 0.171. The minimum absolute atomic E-state index is 0.171. The second kappa shape index (κ2) is 6.60. The summed E-state index contributed by atoms with van der Waals surface area (Å²) in [6, 6.07) is 8.45. The molecule has 1 amide bonds. The first kappa shape index (κ1) is 14.6. The molecule has 0 aliphatic heterocycles. The van der Waals surface area contributed by atoms with E-state index < -0.39 is 0 Å². The highest BCUT2D eigenvalue weighted by molar-refractivity contribution is 5.85. The Hall–Kier alpha value is -1.77. The van der Waals surface area contributed by atoms with Crippen LogP contribution in [0.15, 0.2) is 24.3 Å². The molecule has 108 valence electrons. The molecule has 3 heteroatoms. The Kier molecular flexibility index (Phi) is 4.83. The fourth-order valence-corrected chi connectivity index (χ4v) is 2.67. The Labute approximate surface area is 121 Å². The van der Waals surface area contributed by atoms with Gasteiger partial charge in [0.15, 0.2) is 0 Å². The third kappa shape index (κ3) is 3.03. The first-order chi connectivity index (χ1) is 9.65. The molecule has 0 aliphatic carbocycles. The second-order valence-corrected chi connectivity index (χ2v) is 5.34. The van der Waals surface area contributed by atoms with E-state index in [4.69, 9.17) is 0 Å². The Morgan fingerprint density at radius 2 is 2.05 bits per heavy atom. The number of rotatable bonds is 6. The van der Waals surface area contributed by atoms with Crippen molar-refractivity contribution in [3.8, 4) is 0 Å². The van der Waals surface area contributed by atoms with Gasteiger partial charge in [0.2, 0.25) is 5.91 Å². The highest BCUT2D eigenvalue weighted by atomic mass is 16.1. The van der Waals surface area contributed by atoms with Crippen molar-refractivity contribution in [2.24, 2.45) is 7.05 Å². The summed E-state index contributed by atoms with van der Waals surface area (Å²) < 4.78 is 2.23. The summed E-state index contributed by atoms with van der Waals surface area (Å²) in [6.45, 7) is 4.97. The van der Waals surface area contributed by atoms with E-state index in [0.717, 1.165) is 25.8 Å². The van der Waals surface area contributed by atoms with E-state index >= 15 is 0 Å². The van der Waals surface area contributed by atoms with Crippen LogP contribution in [0.25, 0.3) is 10.9 Å². The molecule has 2 aromatic rings. The standard InChI is InChI=1S/C17H24N2O/c1-4-5-10-17(20)18-12-11-14-13(2)19(3)16-9-7-6-8-15(14)16/h6-9H,4-5,10-12H2,1-3H3,(H,18,20). The summed E-state index contributed by atoms with van der Waals surface area (Å²) >= 11 is 0. The molecule has 0 bridgehead atoms. The second-order valence-electron chi connectivity index (χ2n) is 5.34. The van der Waals surface area contributed by atoms with Crippen LogP contribution in [0.2, 0.25) is 0 Å². The molecule has 20 heavy (non-hydrogen) atoms. The Morgan fingerprint density at radius 1 is 1.30 bits per heavy atom. The molecular formula is C17H24N2O. The normalized spacial score (nSPS) is 10.9. The zero-order valence-electron chi connectivity index (χ0n) is 12.7. The van der Waals surface area contributed by atoms with E-state index in [1.165, 1.54) is 22.2 Å². The van der Waals surface area contributed by atoms with Gasteiger partial charge in [-0.2, -0.15) is 0 Å². The van der Waals surface area contributed by atoms with Crippen LogP contribution >= 0.6 is 0 Å². The number of aryl methyl sites for hydroxylation is 1. The maximum atomic E-state index is 11.6. The quantitative estimate of drug-likeness (QED) is 0.860. The van der Waals surface area contributed by atoms with Gasteiger partial charge >= 0.3 is 0 Å². The van der Waals surface area contributed by atoms with E-state index in [9.17, 15) is 4.79 Å². The molecule has 2 rings (SSSR count). The van der Waals surface area contributed by atoms with Crippen molar-refractivity contribution in [2.45, 2.75) is 39.5 Å². The van der Waals surface area contributed by atoms with Gasteiger partial charge < -0.3 is 9.88 Å². The maximum Gasteiger partial charge on any atom is 0.220 e. The third-order valence-corrected chi connectivity index (χ3v) is 3.98. The van der Waals surface area contributed by atoms with Crippen molar-refractivity contribution in [3.05, 3.63) is 35.5 Å². The summed E-state index contributed by atoms with van der Waals surface area (Å²) in [5.41, 5.74) is 3.89. The van der Waals surface area contributed by atoms with Crippen molar-refractivity contribution < 1.29 is 4.79 Å². The van der Waals surface area contributed by atoms with Crippen LogP contribution in [0.1, 0.15) is 37.4 Å². The summed E-state index contributed by atoms with van der Waals surface area (Å²) in [4.78, 5) is 11.6. The molecule has 0 fully saturated rings. The third-order valence-electron chi connectivity index (χ3n) is 3.98. The number of para-hydroxylation sites is 1. The lowest BCUT2D eigenvalue weighted by Crippen LogP contribution is -2.25. The lowest BCUT2D eigenvalue weighted by molar-refractivity contribution is -0.121. The van der Waals surface area contributed by atoms with E-state index in [2.05, 4.69) is 55.0 Å². The number of nitrogens with zero attached hydrogens (tertiary/aromatic N) is 1. The fourth-order valence-electron chi connectivity index (χ4n) is 2.67. The number of hydrogen-bond donors (Lipinski definition) is 1. The van der Waals surface area contributed by atoms with Crippen LogP contribution in [0.3, 0.4) is 0 Å². The van der Waals surface area contributed by atoms with Gasteiger partial charge in [0.05, 0.1) is 0 Å². The molecule has 0 saturated heterocycles. The minimum atomic E-state index is 0.171. The zero-order valence-corrected chi connectivity index (χ0v) is 12.7. The molecule has 0 radical (unpaired) electrons. The number of nitrogens with one attached hydrogen (secondary N) is 1. The van der Waals surface area contributed by atoms with Gasteiger partial charge in [-0.1, -0.05) is 31.5 Å². The minimum Gasteiger partial charge on any atom is -0.356 e. The number of benzene rings is 1. The lowest BCUT2D eigenvalue weighted by atomic mass is 10.1. The average molecular weight is 272 g/mol. The Balaban J connectivity index is 2.03. The lowest BCUT2D eigenvalue weighted by Gasteiger charge is -2.05. The Morgan fingerprint density at radius 3 is 2.80 bits per heavy atom. The SMILES string of the molecule is CCCCC(=O)NCCc1c(C)n(C)c2ccccc12. The summed E-state index contributed by atoms with van der Waals surface area (Å²) in [6.07, 6.45) is 3.57. The molecule has 0 unspecified atom stereocenters. The number of carbonyl (C=O) groups excluding carboxylic acids is 1. The van der Waals surface area contributed by atoms with Crippen LogP contribution < -0.4 is 5.32 Å². The number of unbranched alkanes of at least 4 members (excludes halogenated alkanes) is 1. The zero-order chi connectivity index (χ0) is 14.5. The molecule has 0 saturated carbocycles. The molecule has 1 N–H and O–H groups in total. The number of aromatic nitrogens is 1. The van der Waals surface area contributed by atoms with E-state index in [1.807, 2.05) is 0 Å². The van der Waals surface area contributed by atoms with Gasteiger partial charge in [-0.3, -0.25) is 4.79 Å². The molecule has 0 atom stereocenters. The van der Waals surface area contributed by atoms with Crippen molar-refractivity contribution >= 4 is 16.8 Å². The van der Waals surface area contributed by atoms with Crippen molar-refractivity contribution in [1.29, 1.82) is 0 Å². The van der Waals surface area contributed by atoms with E-state index in [0.29, 0.717) is 6.42 Å². The largest absolute Gasteiger partial charge is 0.356 e. The van der Waals surface area contributed by atoms with Crippen LogP contribution in [0.5, 0.6) is 0 Å². The predicted molar refractivity (Wildman–Crippen MR) is 83.9 cm³/mol. The highest BCUT2D eigenvalue weighted by Crippen LogP contribution is 2.24. The molecule has 1 aromatic heterocycles. The number of amides is 1. The monoisotopic (exact) mass is 272 g/mol. The maximum absolute atomic E-state index is 11.6. The van der Waals surface area contributed by atoms with Gasteiger partial charge in [0, 0.05) is 36.6 Å². The van der Waals surface area contributed by atoms with E-state index in [1.54, 1.807) is 0 Å². The highest BCUT2D eigenvalue weighted by Gasteiger charge is 2.11. The summed E-state index contributed by atoms with van der Waals surface area (Å²) in [7, 11) is 2.10. The molecule has 3 nitrogen and oxygen atoms in total. The van der Waals surface area contributed by atoms with Crippen LogP contribution in [-0.2, 0) is 18.3 Å². The first-order valence-corrected chi connectivity index (χ1v) is 7.44. The number of hydrogen-bond acceptors (Lipinski definition) is 1. The molecular weight excluding hydrogens is 248 g/mol. The van der Waals surface area contributed by atoms with Gasteiger partial charge in [-0.25, -0.2) is 0 Å². The van der Waals surface area contributed by atoms with Gasteiger partial charge in [-0.05, 0) is 31.4 Å².